The minimum Gasteiger partial charge on any atom is -0.477 e. The van der Waals surface area contributed by atoms with Crippen molar-refractivity contribution in [3.8, 4) is 21.9 Å². The molecule has 9 heteroatoms. The van der Waals surface area contributed by atoms with Gasteiger partial charge in [-0.05, 0) is 19.9 Å². The minimum atomic E-state index is -1.01. The normalized spacial score (nSPS) is 11.8. The zero-order valence-electron chi connectivity index (χ0n) is 17.7. The summed E-state index contributed by atoms with van der Waals surface area (Å²) in [5.41, 5.74) is 3.49. The van der Waals surface area contributed by atoms with Crippen molar-refractivity contribution in [2.45, 2.75) is 26.4 Å². The van der Waals surface area contributed by atoms with E-state index in [2.05, 4.69) is 10.1 Å². The Morgan fingerprint density at radius 3 is 2.52 bits per heavy atom. The Hall–Kier alpha value is -3.49. The Kier molecular flexibility index (Phi) is 6.57. The number of aryl methyl sites for hydroxylation is 1. The molecule has 0 aliphatic heterocycles. The number of aromatic carboxylic acids is 1. The number of nitrogens with zero attached hydrogens (tertiary/aromatic N) is 2. The largest absolute Gasteiger partial charge is 0.477 e. The third-order valence-corrected chi connectivity index (χ3v) is 6.45. The average Bonchev–Trinajstić information content (AvgIpc) is 3.42. The Morgan fingerprint density at radius 1 is 1.15 bits per heavy atom. The summed E-state index contributed by atoms with van der Waals surface area (Å²) in [6.07, 6.45) is 0.835. The fourth-order valence-corrected chi connectivity index (χ4v) is 4.40. The number of carbonyl (C=O) groups is 2. The van der Waals surface area contributed by atoms with Crippen molar-refractivity contribution >= 4 is 34.9 Å². The summed E-state index contributed by atoms with van der Waals surface area (Å²) in [7, 11) is 0. The molecule has 168 valence electrons. The van der Waals surface area contributed by atoms with E-state index in [1.54, 1.807) is 19.9 Å². The zero-order valence-corrected chi connectivity index (χ0v) is 19.3. The van der Waals surface area contributed by atoms with E-state index in [9.17, 15) is 9.59 Å². The second-order valence-electron chi connectivity index (χ2n) is 7.32. The maximum absolute atomic E-state index is 12.6. The molecule has 7 nitrogen and oxygen atoms in total. The van der Waals surface area contributed by atoms with Crippen LogP contribution in [0.5, 0.6) is 0 Å². The van der Waals surface area contributed by atoms with Crippen LogP contribution in [0.25, 0.3) is 21.9 Å². The minimum absolute atomic E-state index is 0.00430. The monoisotopic (exact) mass is 482 g/mol. The molecule has 4 rings (SSSR count). The number of esters is 1. The highest BCUT2D eigenvalue weighted by Gasteiger charge is 2.21. The number of rotatable bonds is 7. The summed E-state index contributed by atoms with van der Waals surface area (Å²) in [5.74, 6) is -0.949. The first kappa shape index (κ1) is 22.7. The highest BCUT2D eigenvalue weighted by molar-refractivity contribution is 7.16. The van der Waals surface area contributed by atoms with Crippen molar-refractivity contribution in [2.75, 3.05) is 0 Å². The van der Waals surface area contributed by atoms with Gasteiger partial charge in [0.2, 0.25) is 0 Å². The molecule has 0 spiro atoms. The van der Waals surface area contributed by atoms with Gasteiger partial charge < -0.3 is 14.4 Å². The van der Waals surface area contributed by atoms with Gasteiger partial charge in [-0.2, -0.15) is 0 Å². The Labute approximate surface area is 198 Å². The van der Waals surface area contributed by atoms with Crippen LogP contribution in [0.4, 0.5) is 0 Å². The lowest BCUT2D eigenvalue weighted by Crippen LogP contribution is -2.12. The van der Waals surface area contributed by atoms with Crippen LogP contribution < -0.4 is 0 Å². The quantitative estimate of drug-likeness (QED) is 0.323. The SMILES string of the molecule is Cc1noc(-c2ccc(-c3ncc(C(=O)O)s3)cc2)c1CC(=O)OC(C)c1ccccc1Cl. The van der Waals surface area contributed by atoms with E-state index in [0.717, 1.165) is 28.0 Å². The van der Waals surface area contributed by atoms with Gasteiger partial charge in [0.25, 0.3) is 0 Å². The molecule has 0 radical (unpaired) electrons. The highest BCUT2D eigenvalue weighted by atomic mass is 35.5. The van der Waals surface area contributed by atoms with Crippen LogP contribution >= 0.6 is 22.9 Å². The number of carboxylic acid groups (broad SMARTS) is 1. The van der Waals surface area contributed by atoms with Gasteiger partial charge >= 0.3 is 11.9 Å². The van der Waals surface area contributed by atoms with Crippen molar-refractivity contribution in [3.63, 3.8) is 0 Å². The molecule has 0 bridgehead atoms. The predicted octanol–water partition coefficient (Wildman–Crippen LogP) is 5.97. The van der Waals surface area contributed by atoms with Crippen LogP contribution in [0.15, 0.2) is 59.3 Å². The molecule has 0 aliphatic carbocycles. The molecule has 1 atom stereocenters. The maximum Gasteiger partial charge on any atom is 0.347 e. The summed E-state index contributed by atoms with van der Waals surface area (Å²) in [6, 6.07) is 14.5. The molecule has 1 N–H and O–H groups in total. The summed E-state index contributed by atoms with van der Waals surface area (Å²) in [6.45, 7) is 3.54. The van der Waals surface area contributed by atoms with Gasteiger partial charge in [0.05, 0.1) is 18.3 Å². The van der Waals surface area contributed by atoms with Crippen molar-refractivity contribution in [2.24, 2.45) is 0 Å². The van der Waals surface area contributed by atoms with Crippen molar-refractivity contribution < 1.29 is 24.0 Å². The lowest BCUT2D eigenvalue weighted by atomic mass is 10.0. The lowest BCUT2D eigenvalue weighted by Gasteiger charge is -2.15. The Balaban J connectivity index is 1.51. The van der Waals surface area contributed by atoms with Gasteiger partial charge in [-0.15, -0.1) is 11.3 Å². The molecule has 2 aromatic heterocycles. The number of carboxylic acids is 1. The number of hydrogen-bond donors (Lipinski definition) is 1. The predicted molar refractivity (Wildman–Crippen MR) is 124 cm³/mol. The number of aromatic nitrogens is 2. The fraction of sp³-hybridized carbons (Fsp3) is 0.167. The van der Waals surface area contributed by atoms with Crippen LogP contribution in [0.2, 0.25) is 5.02 Å². The summed E-state index contributed by atoms with van der Waals surface area (Å²) < 4.78 is 11.1. The van der Waals surface area contributed by atoms with E-state index in [0.29, 0.717) is 27.0 Å². The van der Waals surface area contributed by atoms with Gasteiger partial charge in [-0.3, -0.25) is 4.79 Å². The van der Waals surface area contributed by atoms with Crippen LogP contribution in [-0.4, -0.2) is 27.2 Å². The number of halogens is 1. The standard InChI is InChI=1S/C24H19ClN2O5S/c1-13-18(11-21(28)31-14(2)17-5-3-4-6-19(17)25)22(32-27-13)15-7-9-16(10-8-15)23-26-12-20(33-23)24(29)30/h3-10,12,14H,11H2,1-2H3,(H,29,30). The molecule has 0 saturated carbocycles. The third-order valence-electron chi connectivity index (χ3n) is 5.07. The van der Waals surface area contributed by atoms with Crippen LogP contribution in [0, 0.1) is 6.92 Å². The van der Waals surface area contributed by atoms with Crippen molar-refractivity contribution in [1.29, 1.82) is 0 Å². The van der Waals surface area contributed by atoms with E-state index in [4.69, 9.17) is 26.0 Å². The topological polar surface area (TPSA) is 103 Å². The van der Waals surface area contributed by atoms with Gasteiger partial charge in [0, 0.05) is 27.3 Å². The lowest BCUT2D eigenvalue weighted by molar-refractivity contribution is -0.147. The molecule has 0 aliphatic rings. The number of thiazole rings is 1. The third kappa shape index (κ3) is 4.97. The molecule has 0 amide bonds. The molecule has 2 heterocycles. The summed E-state index contributed by atoms with van der Waals surface area (Å²) >= 11 is 7.30. The molecule has 33 heavy (non-hydrogen) atoms. The Bertz CT molecular complexity index is 1310. The van der Waals surface area contributed by atoms with Gasteiger partial charge in [-0.25, -0.2) is 9.78 Å². The van der Waals surface area contributed by atoms with E-state index in [1.165, 1.54) is 6.20 Å². The summed E-state index contributed by atoms with van der Waals surface area (Å²) in [5, 5.41) is 14.2. The van der Waals surface area contributed by atoms with Crippen molar-refractivity contribution in [3.05, 3.63) is 81.4 Å². The fourth-order valence-electron chi connectivity index (χ4n) is 3.35. The number of hydrogen-bond acceptors (Lipinski definition) is 7. The van der Waals surface area contributed by atoms with Crippen molar-refractivity contribution in [1.82, 2.24) is 10.1 Å². The highest BCUT2D eigenvalue weighted by Crippen LogP contribution is 2.32. The first-order valence-corrected chi connectivity index (χ1v) is 11.2. The van der Waals surface area contributed by atoms with Crippen LogP contribution in [-0.2, 0) is 16.0 Å². The first-order valence-electron chi connectivity index (χ1n) is 10.0. The molecular formula is C24H19ClN2O5S. The van der Waals surface area contributed by atoms with Crippen LogP contribution in [0.1, 0.15) is 39.5 Å². The molecule has 2 aromatic carbocycles. The second kappa shape index (κ2) is 9.56. The molecule has 1 unspecified atom stereocenters. The van der Waals surface area contributed by atoms with Gasteiger partial charge in [0.15, 0.2) is 5.76 Å². The number of benzene rings is 2. The van der Waals surface area contributed by atoms with E-state index in [1.807, 2.05) is 42.5 Å². The van der Waals surface area contributed by atoms with E-state index in [-0.39, 0.29) is 11.3 Å². The average molecular weight is 483 g/mol. The van der Waals surface area contributed by atoms with Crippen LogP contribution in [0.3, 0.4) is 0 Å². The molecule has 0 saturated heterocycles. The molecule has 4 aromatic rings. The Morgan fingerprint density at radius 2 is 1.85 bits per heavy atom. The zero-order chi connectivity index (χ0) is 23.5. The molecular weight excluding hydrogens is 464 g/mol. The van der Waals surface area contributed by atoms with Gasteiger partial charge in [-0.1, -0.05) is 59.2 Å². The van der Waals surface area contributed by atoms with E-state index >= 15 is 0 Å². The smallest absolute Gasteiger partial charge is 0.347 e. The maximum atomic E-state index is 12.6. The summed E-state index contributed by atoms with van der Waals surface area (Å²) in [4.78, 5) is 28.1. The first-order chi connectivity index (χ1) is 15.8. The second-order valence-corrected chi connectivity index (χ2v) is 8.76. The van der Waals surface area contributed by atoms with Gasteiger partial charge in [0.1, 0.15) is 16.0 Å². The van der Waals surface area contributed by atoms with E-state index < -0.39 is 18.0 Å². The molecule has 0 fully saturated rings. The number of carbonyl (C=O) groups excluding carboxylic acids is 1. The number of ether oxygens (including phenoxy) is 1.